The zero-order chi connectivity index (χ0) is 10.5. The molecule has 0 amide bonds. The lowest BCUT2D eigenvalue weighted by atomic mass is 9.95. The molecule has 1 fully saturated rings. The van der Waals surface area contributed by atoms with E-state index in [1.54, 1.807) is 12.1 Å². The smallest absolute Gasteiger partial charge is 0.201 e. The Morgan fingerprint density at radius 2 is 1.73 bits per heavy atom. The Kier molecular flexibility index (Phi) is 3.38. The second-order valence-corrected chi connectivity index (χ2v) is 4.17. The molecule has 1 N–H and O–H groups in total. The van der Waals surface area contributed by atoms with E-state index < -0.39 is 0 Å². The summed E-state index contributed by atoms with van der Waals surface area (Å²) in [6.45, 7) is 0. The van der Waals surface area contributed by atoms with Gasteiger partial charge in [0.1, 0.15) is 0 Å². The number of hydrogen-bond donors (Lipinski definition) is 1. The van der Waals surface area contributed by atoms with Crippen molar-refractivity contribution >= 4 is 5.69 Å². The van der Waals surface area contributed by atoms with Gasteiger partial charge in [-0.25, -0.2) is 0 Å². The minimum Gasteiger partial charge on any atom is -0.379 e. The van der Waals surface area contributed by atoms with E-state index >= 15 is 0 Å². The van der Waals surface area contributed by atoms with Gasteiger partial charge < -0.3 is 5.32 Å². The summed E-state index contributed by atoms with van der Waals surface area (Å²) in [6, 6.07) is 9.56. The Morgan fingerprint density at radius 1 is 1.00 bits per heavy atom. The highest BCUT2D eigenvalue weighted by Gasteiger charge is 2.13. The molecule has 0 radical (unpaired) electrons. The molecule has 0 atom stereocenters. The molecule has 1 aliphatic carbocycles. The van der Waals surface area contributed by atoms with E-state index in [9.17, 15) is 4.79 Å². The lowest BCUT2D eigenvalue weighted by Crippen LogP contribution is -2.24. The van der Waals surface area contributed by atoms with Crippen LogP contribution in [0.15, 0.2) is 35.1 Å². The van der Waals surface area contributed by atoms with Crippen LogP contribution in [-0.4, -0.2) is 6.04 Å². The minimum atomic E-state index is 0.0885. The van der Waals surface area contributed by atoms with E-state index in [4.69, 9.17) is 0 Å². The summed E-state index contributed by atoms with van der Waals surface area (Å²) in [7, 11) is 0. The summed E-state index contributed by atoms with van der Waals surface area (Å²) >= 11 is 0. The monoisotopic (exact) mass is 203 g/mol. The fraction of sp³-hybridized carbons (Fsp3) is 0.462. The van der Waals surface area contributed by atoms with Crippen LogP contribution >= 0.6 is 0 Å². The summed E-state index contributed by atoms with van der Waals surface area (Å²) in [5.74, 6) is 0. The van der Waals surface area contributed by atoms with Crippen LogP contribution in [0.25, 0.3) is 0 Å². The molecule has 0 heterocycles. The average molecular weight is 203 g/mol. The Bertz CT molecular complexity index is 369. The highest BCUT2D eigenvalue weighted by atomic mass is 16.1. The topological polar surface area (TPSA) is 29.1 Å². The van der Waals surface area contributed by atoms with E-state index in [2.05, 4.69) is 5.32 Å². The van der Waals surface area contributed by atoms with Crippen molar-refractivity contribution in [3.63, 3.8) is 0 Å². The Morgan fingerprint density at radius 3 is 2.53 bits per heavy atom. The molecule has 80 valence electrons. The van der Waals surface area contributed by atoms with E-state index in [-0.39, 0.29) is 5.43 Å². The molecule has 15 heavy (non-hydrogen) atoms. The molecule has 1 aliphatic rings. The van der Waals surface area contributed by atoms with Gasteiger partial charge in [-0.2, -0.15) is 0 Å². The van der Waals surface area contributed by atoms with Crippen LogP contribution in [0.4, 0.5) is 5.69 Å². The number of rotatable bonds is 2. The van der Waals surface area contributed by atoms with Gasteiger partial charge in [-0.05, 0) is 25.0 Å². The maximum absolute atomic E-state index is 11.6. The Hall–Kier alpha value is -1.31. The molecule has 2 nitrogen and oxygen atoms in total. The first-order valence-electron chi connectivity index (χ1n) is 5.72. The van der Waals surface area contributed by atoms with E-state index in [0.717, 1.165) is 5.69 Å². The Balaban J connectivity index is 2.10. The van der Waals surface area contributed by atoms with Crippen molar-refractivity contribution in [3.8, 4) is 0 Å². The quantitative estimate of drug-likeness (QED) is 0.800. The number of hydrogen-bond acceptors (Lipinski definition) is 2. The zero-order valence-corrected chi connectivity index (χ0v) is 8.91. The third kappa shape index (κ3) is 2.82. The van der Waals surface area contributed by atoms with E-state index in [1.165, 1.54) is 32.1 Å². The lowest BCUT2D eigenvalue weighted by molar-refractivity contribution is 0.462. The minimum absolute atomic E-state index is 0.0885. The lowest BCUT2D eigenvalue weighted by Gasteiger charge is -2.23. The number of nitrogens with one attached hydrogen (secondary N) is 1. The van der Waals surface area contributed by atoms with E-state index in [0.29, 0.717) is 6.04 Å². The standard InChI is InChI=1S/C13H17NO/c15-13-10-6-2-5-9-12(13)14-11-7-3-1-4-8-11/h2,5-6,9-11H,1,3-4,7-8H2,(H,14,15). The number of anilines is 1. The van der Waals surface area contributed by atoms with Gasteiger partial charge in [0.15, 0.2) is 0 Å². The second kappa shape index (κ2) is 4.96. The van der Waals surface area contributed by atoms with Gasteiger partial charge in [-0.3, -0.25) is 4.79 Å². The first kappa shape index (κ1) is 10.2. The van der Waals surface area contributed by atoms with Crippen molar-refractivity contribution in [1.82, 2.24) is 0 Å². The van der Waals surface area contributed by atoms with Gasteiger partial charge in [0.2, 0.25) is 5.43 Å². The van der Waals surface area contributed by atoms with Crippen molar-refractivity contribution in [2.45, 2.75) is 38.1 Å². The summed E-state index contributed by atoms with van der Waals surface area (Å²) in [6.07, 6.45) is 6.29. The van der Waals surface area contributed by atoms with Crippen LogP contribution < -0.4 is 10.7 Å². The van der Waals surface area contributed by atoms with Gasteiger partial charge >= 0.3 is 0 Å². The normalized spacial score (nSPS) is 17.3. The molecule has 0 aliphatic heterocycles. The molecule has 0 spiro atoms. The van der Waals surface area contributed by atoms with Crippen molar-refractivity contribution < 1.29 is 0 Å². The largest absolute Gasteiger partial charge is 0.379 e. The van der Waals surface area contributed by atoms with Crippen LogP contribution in [0, 0.1) is 0 Å². The van der Waals surface area contributed by atoms with Crippen LogP contribution in [0.5, 0.6) is 0 Å². The van der Waals surface area contributed by atoms with Crippen LogP contribution in [-0.2, 0) is 0 Å². The molecule has 1 aromatic rings. The van der Waals surface area contributed by atoms with Crippen molar-refractivity contribution in [2.75, 3.05) is 5.32 Å². The first-order chi connectivity index (χ1) is 7.36. The second-order valence-electron chi connectivity index (χ2n) is 4.17. The molecule has 2 heteroatoms. The molecule has 0 aromatic heterocycles. The van der Waals surface area contributed by atoms with Gasteiger partial charge in [-0.15, -0.1) is 0 Å². The van der Waals surface area contributed by atoms with Gasteiger partial charge in [-0.1, -0.05) is 37.5 Å². The molecule has 1 aromatic carbocycles. The fourth-order valence-electron chi connectivity index (χ4n) is 2.12. The van der Waals surface area contributed by atoms with Crippen molar-refractivity contribution in [2.24, 2.45) is 0 Å². The molecule has 0 unspecified atom stereocenters. The SMILES string of the molecule is O=c1cccccc1NC1CCCCC1. The molecular weight excluding hydrogens is 186 g/mol. The summed E-state index contributed by atoms with van der Waals surface area (Å²) in [5, 5.41) is 3.36. The zero-order valence-electron chi connectivity index (χ0n) is 8.91. The third-order valence-electron chi connectivity index (χ3n) is 2.96. The highest BCUT2D eigenvalue weighted by molar-refractivity contribution is 5.42. The van der Waals surface area contributed by atoms with Crippen LogP contribution in [0.3, 0.4) is 0 Å². The summed E-state index contributed by atoms with van der Waals surface area (Å²) in [4.78, 5) is 11.6. The van der Waals surface area contributed by atoms with Crippen LogP contribution in [0.1, 0.15) is 32.1 Å². The van der Waals surface area contributed by atoms with Crippen molar-refractivity contribution in [1.29, 1.82) is 0 Å². The summed E-state index contributed by atoms with van der Waals surface area (Å²) < 4.78 is 0. The van der Waals surface area contributed by atoms with Crippen LogP contribution in [0.2, 0.25) is 0 Å². The molecule has 2 rings (SSSR count). The molecule has 1 saturated carbocycles. The maximum Gasteiger partial charge on any atom is 0.201 e. The summed E-state index contributed by atoms with van der Waals surface area (Å²) in [5.41, 5.74) is 0.831. The third-order valence-corrected chi connectivity index (χ3v) is 2.96. The molecule has 0 saturated heterocycles. The first-order valence-corrected chi connectivity index (χ1v) is 5.72. The predicted molar refractivity (Wildman–Crippen MR) is 63.2 cm³/mol. The molecule has 0 bridgehead atoms. The van der Waals surface area contributed by atoms with Gasteiger partial charge in [0.05, 0.1) is 5.69 Å². The Labute approximate surface area is 90.3 Å². The molecular formula is C13H17NO. The van der Waals surface area contributed by atoms with Crippen molar-refractivity contribution in [3.05, 3.63) is 40.6 Å². The fourth-order valence-corrected chi connectivity index (χ4v) is 2.12. The highest BCUT2D eigenvalue weighted by Crippen LogP contribution is 2.19. The predicted octanol–water partition coefficient (Wildman–Crippen LogP) is 2.79. The van der Waals surface area contributed by atoms with E-state index in [1.807, 2.05) is 18.2 Å². The van der Waals surface area contributed by atoms with Gasteiger partial charge in [0, 0.05) is 6.04 Å². The maximum atomic E-state index is 11.6. The van der Waals surface area contributed by atoms with Gasteiger partial charge in [0.25, 0.3) is 0 Å². The average Bonchev–Trinajstić information content (AvgIpc) is 2.46.